The second-order valence-corrected chi connectivity index (χ2v) is 2.89. The zero-order valence-electron chi connectivity index (χ0n) is 7.38. The molecule has 0 bridgehead atoms. The molecule has 0 radical (unpaired) electrons. The topological polar surface area (TPSA) is 12.9 Å². The van der Waals surface area contributed by atoms with Crippen LogP contribution < -0.4 is 0 Å². The fraction of sp³-hybridized carbons (Fsp3) is 0.182. The number of pyridine rings is 1. The van der Waals surface area contributed by atoms with Gasteiger partial charge in [0.2, 0.25) is 0 Å². The molecule has 0 saturated heterocycles. The van der Waals surface area contributed by atoms with E-state index in [1.54, 1.807) is 12.3 Å². The van der Waals surface area contributed by atoms with Crippen LogP contribution in [0.5, 0.6) is 0 Å². The van der Waals surface area contributed by atoms with Gasteiger partial charge >= 0.3 is 0 Å². The number of allylic oxidation sites excluding steroid dienone is 1. The van der Waals surface area contributed by atoms with Gasteiger partial charge in [0.15, 0.2) is 0 Å². The van der Waals surface area contributed by atoms with Crippen molar-refractivity contribution < 1.29 is 0 Å². The van der Waals surface area contributed by atoms with Gasteiger partial charge in [-0.15, -0.1) is 0 Å². The third-order valence-electron chi connectivity index (χ3n) is 1.61. The van der Waals surface area contributed by atoms with Crippen molar-refractivity contribution in [1.29, 1.82) is 0 Å². The zero-order valence-corrected chi connectivity index (χ0v) is 7.38. The van der Waals surface area contributed by atoms with Gasteiger partial charge in [-0.1, -0.05) is 24.8 Å². The van der Waals surface area contributed by atoms with Gasteiger partial charge in [-0.3, -0.25) is 4.98 Å². The molecule has 0 amide bonds. The second-order valence-electron chi connectivity index (χ2n) is 2.89. The van der Waals surface area contributed by atoms with E-state index < -0.39 is 0 Å². The van der Waals surface area contributed by atoms with Crippen LogP contribution in [0.3, 0.4) is 0 Å². The van der Waals surface area contributed by atoms with Crippen molar-refractivity contribution in [3.05, 3.63) is 48.3 Å². The number of hydrogen-bond acceptors (Lipinski definition) is 1. The van der Waals surface area contributed by atoms with E-state index in [2.05, 4.69) is 24.2 Å². The average molecular weight is 159 g/mol. The summed E-state index contributed by atoms with van der Waals surface area (Å²) in [5, 5.41) is 0. The van der Waals surface area contributed by atoms with Crippen LogP contribution in [0.15, 0.2) is 37.1 Å². The molecular formula is C11H13N. The lowest BCUT2D eigenvalue weighted by atomic mass is 10.1. The molecule has 0 aromatic carbocycles. The molecule has 0 fully saturated rings. The molecule has 1 rings (SSSR count). The highest BCUT2D eigenvalue weighted by molar-refractivity contribution is 5.47. The molecule has 0 N–H and O–H groups in total. The van der Waals surface area contributed by atoms with Crippen molar-refractivity contribution in [3.8, 4) is 0 Å². The minimum atomic E-state index is 0.884. The first-order valence-electron chi connectivity index (χ1n) is 3.94. The Bertz CT molecular complexity index is 300. The Morgan fingerprint density at radius 2 is 2.42 bits per heavy atom. The minimum absolute atomic E-state index is 0.884. The monoisotopic (exact) mass is 159 g/mol. The second kappa shape index (κ2) is 3.86. The SMILES string of the molecule is C=Cc1ncccc1CC(=C)C. The van der Waals surface area contributed by atoms with E-state index in [0.717, 1.165) is 17.7 Å². The van der Waals surface area contributed by atoms with E-state index >= 15 is 0 Å². The quantitative estimate of drug-likeness (QED) is 0.618. The lowest BCUT2D eigenvalue weighted by Gasteiger charge is -2.03. The van der Waals surface area contributed by atoms with Crippen molar-refractivity contribution >= 4 is 6.08 Å². The molecule has 0 aliphatic rings. The van der Waals surface area contributed by atoms with Gasteiger partial charge in [-0.05, 0) is 31.1 Å². The zero-order chi connectivity index (χ0) is 8.97. The van der Waals surface area contributed by atoms with E-state index in [0.29, 0.717) is 0 Å². The summed E-state index contributed by atoms with van der Waals surface area (Å²) in [7, 11) is 0. The van der Waals surface area contributed by atoms with Gasteiger partial charge in [0.25, 0.3) is 0 Å². The standard InChI is InChI=1S/C11H13N/c1-4-11-10(8-9(2)3)6-5-7-12-11/h4-7H,1-2,8H2,3H3. The van der Waals surface area contributed by atoms with Crippen LogP contribution in [-0.2, 0) is 6.42 Å². The molecule has 62 valence electrons. The highest BCUT2D eigenvalue weighted by Crippen LogP contribution is 2.10. The molecule has 0 saturated carbocycles. The van der Waals surface area contributed by atoms with Crippen LogP contribution in [-0.4, -0.2) is 4.98 Å². The third kappa shape index (κ3) is 2.06. The van der Waals surface area contributed by atoms with Crippen molar-refractivity contribution in [1.82, 2.24) is 4.98 Å². The highest BCUT2D eigenvalue weighted by atomic mass is 14.7. The van der Waals surface area contributed by atoms with E-state index in [1.807, 2.05) is 13.0 Å². The summed E-state index contributed by atoms with van der Waals surface area (Å²) in [5.41, 5.74) is 3.30. The molecule has 1 nitrogen and oxygen atoms in total. The molecule has 0 unspecified atom stereocenters. The lowest BCUT2D eigenvalue weighted by Crippen LogP contribution is -1.92. The number of hydrogen-bond donors (Lipinski definition) is 0. The summed E-state index contributed by atoms with van der Waals surface area (Å²) in [6.45, 7) is 9.58. The first kappa shape index (κ1) is 8.72. The number of rotatable bonds is 3. The van der Waals surface area contributed by atoms with Crippen LogP contribution in [0.25, 0.3) is 6.08 Å². The van der Waals surface area contributed by atoms with Crippen molar-refractivity contribution in [2.75, 3.05) is 0 Å². The average Bonchev–Trinajstić information content (AvgIpc) is 2.04. The summed E-state index contributed by atoms with van der Waals surface area (Å²) >= 11 is 0. The Hall–Kier alpha value is -1.37. The number of aromatic nitrogens is 1. The molecule has 1 aromatic rings. The minimum Gasteiger partial charge on any atom is -0.257 e. The Kier molecular flexibility index (Phi) is 2.81. The maximum Gasteiger partial charge on any atom is 0.0658 e. The normalized spacial score (nSPS) is 9.42. The van der Waals surface area contributed by atoms with E-state index in [1.165, 1.54) is 5.56 Å². The van der Waals surface area contributed by atoms with Gasteiger partial charge in [0.05, 0.1) is 5.69 Å². The van der Waals surface area contributed by atoms with Crippen molar-refractivity contribution in [2.45, 2.75) is 13.3 Å². The van der Waals surface area contributed by atoms with Crippen LogP contribution in [0.4, 0.5) is 0 Å². The van der Waals surface area contributed by atoms with E-state index in [9.17, 15) is 0 Å². The van der Waals surface area contributed by atoms with E-state index in [4.69, 9.17) is 0 Å². The Morgan fingerprint density at radius 3 is 3.00 bits per heavy atom. The van der Waals surface area contributed by atoms with Crippen LogP contribution >= 0.6 is 0 Å². The van der Waals surface area contributed by atoms with E-state index in [-0.39, 0.29) is 0 Å². The van der Waals surface area contributed by atoms with Gasteiger partial charge in [0.1, 0.15) is 0 Å². The number of nitrogens with zero attached hydrogens (tertiary/aromatic N) is 1. The summed E-state index contributed by atoms with van der Waals surface area (Å²) in [6, 6.07) is 3.99. The Morgan fingerprint density at radius 1 is 1.67 bits per heavy atom. The first-order chi connectivity index (χ1) is 5.74. The maximum atomic E-state index is 4.19. The maximum absolute atomic E-state index is 4.19. The highest BCUT2D eigenvalue weighted by Gasteiger charge is 1.98. The fourth-order valence-electron chi connectivity index (χ4n) is 1.11. The largest absolute Gasteiger partial charge is 0.257 e. The Labute approximate surface area is 73.5 Å². The molecule has 0 aliphatic heterocycles. The molecule has 0 atom stereocenters. The lowest BCUT2D eigenvalue weighted by molar-refractivity contribution is 1.10. The molecule has 1 heterocycles. The van der Waals surface area contributed by atoms with Gasteiger partial charge in [-0.25, -0.2) is 0 Å². The van der Waals surface area contributed by atoms with Crippen LogP contribution in [0.2, 0.25) is 0 Å². The molecule has 0 aliphatic carbocycles. The third-order valence-corrected chi connectivity index (χ3v) is 1.61. The van der Waals surface area contributed by atoms with Crippen LogP contribution in [0, 0.1) is 0 Å². The predicted molar refractivity (Wildman–Crippen MR) is 52.8 cm³/mol. The first-order valence-corrected chi connectivity index (χ1v) is 3.94. The van der Waals surface area contributed by atoms with Crippen molar-refractivity contribution in [2.24, 2.45) is 0 Å². The summed E-state index contributed by atoms with van der Waals surface area (Å²) in [5.74, 6) is 0. The van der Waals surface area contributed by atoms with Gasteiger partial charge in [0, 0.05) is 6.20 Å². The van der Waals surface area contributed by atoms with Crippen molar-refractivity contribution in [3.63, 3.8) is 0 Å². The summed E-state index contributed by atoms with van der Waals surface area (Å²) in [4.78, 5) is 4.19. The fourth-order valence-corrected chi connectivity index (χ4v) is 1.11. The summed E-state index contributed by atoms with van der Waals surface area (Å²) < 4.78 is 0. The molecule has 1 heteroatoms. The molecule has 12 heavy (non-hydrogen) atoms. The molecule has 0 spiro atoms. The smallest absolute Gasteiger partial charge is 0.0658 e. The Balaban J connectivity index is 2.96. The van der Waals surface area contributed by atoms with Gasteiger partial charge in [-0.2, -0.15) is 0 Å². The molecular weight excluding hydrogens is 146 g/mol. The predicted octanol–water partition coefficient (Wildman–Crippen LogP) is 2.84. The van der Waals surface area contributed by atoms with Crippen LogP contribution in [0.1, 0.15) is 18.2 Å². The van der Waals surface area contributed by atoms with Gasteiger partial charge < -0.3 is 0 Å². The summed E-state index contributed by atoms with van der Waals surface area (Å²) in [6.07, 6.45) is 4.44. The molecule has 1 aromatic heterocycles.